The van der Waals surface area contributed by atoms with Crippen LogP contribution in [-0.2, 0) is 41.6 Å². The molecule has 1 aliphatic rings. The summed E-state index contributed by atoms with van der Waals surface area (Å²) < 4.78 is 45.6. The Morgan fingerprint density at radius 2 is 1.70 bits per heavy atom. The molecular weight excluding hydrogens is 604 g/mol. The van der Waals surface area contributed by atoms with E-state index in [1.165, 1.54) is 0 Å². The molecule has 0 heterocycles. The van der Waals surface area contributed by atoms with Crippen LogP contribution >= 0.6 is 0 Å². The van der Waals surface area contributed by atoms with Gasteiger partial charge in [-0.3, -0.25) is 13.8 Å². The van der Waals surface area contributed by atoms with Gasteiger partial charge in [-0.1, -0.05) is 60.7 Å². The van der Waals surface area contributed by atoms with Crippen LogP contribution < -0.4 is 10.0 Å². The van der Waals surface area contributed by atoms with Crippen LogP contribution in [0.25, 0.3) is 10.8 Å². The molecule has 0 aromatic heterocycles. The Morgan fingerprint density at radius 3 is 2.36 bits per heavy atom. The van der Waals surface area contributed by atoms with Gasteiger partial charge in [0.05, 0.1) is 47.0 Å². The lowest BCUT2D eigenvalue weighted by atomic mass is 9.74. The lowest BCUT2D eigenvalue weighted by Crippen LogP contribution is -2.55. The molecular formula is C32H40N2O8S2. The number of rotatable bonds is 14. The minimum atomic E-state index is -3.88. The number of ether oxygens (including phenoxy) is 1. The molecule has 0 saturated heterocycles. The molecule has 0 aliphatic heterocycles. The van der Waals surface area contributed by atoms with Crippen LogP contribution in [0, 0.1) is 11.8 Å². The summed E-state index contributed by atoms with van der Waals surface area (Å²) in [5.74, 6) is -3.06. The molecule has 0 radical (unpaired) electrons. The van der Waals surface area contributed by atoms with Crippen LogP contribution in [0.1, 0.15) is 31.2 Å². The molecule has 1 fully saturated rings. The summed E-state index contributed by atoms with van der Waals surface area (Å²) in [6.45, 7) is 0. The van der Waals surface area contributed by atoms with Crippen LogP contribution in [0.15, 0.2) is 77.7 Å². The third kappa shape index (κ3) is 9.42. The van der Waals surface area contributed by atoms with Gasteiger partial charge in [-0.2, -0.15) is 0 Å². The minimum absolute atomic E-state index is 0.123. The number of hydrogen-bond acceptors (Lipinski definition) is 7. The van der Waals surface area contributed by atoms with E-state index in [-0.39, 0.29) is 30.6 Å². The number of carbonyl (C=O) groups excluding carboxylic acids is 1. The Labute approximate surface area is 260 Å². The highest BCUT2D eigenvalue weighted by molar-refractivity contribution is 7.89. The third-order valence-corrected chi connectivity index (χ3v) is 10.3. The maximum Gasteiger partial charge on any atom is 0.306 e. The standard InChI is InChI=1S/C32H40N2O8S2/c1-42-25-14-12-24(27(19-25)32(37)38)18-30(35)28(16-21-8-4-3-5-9-21)33-31(36)29(34-44(2,40)41)20-43(39)26-15-13-22-10-6-7-11-23(22)17-26/h3-11,13,15,17,24-25,27-30,34-35H,12,14,16,18-20H2,1-2H3,(H,33,36)(H,37,38). The van der Waals surface area contributed by atoms with Crippen molar-refractivity contribution in [2.75, 3.05) is 19.1 Å². The fourth-order valence-corrected chi connectivity index (χ4v) is 7.90. The average molecular weight is 645 g/mol. The summed E-state index contributed by atoms with van der Waals surface area (Å²) in [5.41, 5.74) is 0.821. The average Bonchev–Trinajstić information content (AvgIpc) is 3.00. The summed E-state index contributed by atoms with van der Waals surface area (Å²) in [5, 5.41) is 25.9. The smallest absolute Gasteiger partial charge is 0.306 e. The molecule has 0 bridgehead atoms. The molecule has 0 spiro atoms. The molecule has 44 heavy (non-hydrogen) atoms. The fraction of sp³-hybridized carbons (Fsp3) is 0.438. The summed E-state index contributed by atoms with van der Waals surface area (Å²) in [4.78, 5) is 26.2. The van der Waals surface area contributed by atoms with Crippen molar-refractivity contribution in [3.05, 3.63) is 78.4 Å². The first-order valence-corrected chi connectivity index (χ1v) is 17.8. The van der Waals surface area contributed by atoms with Gasteiger partial charge in [-0.25, -0.2) is 13.1 Å². The molecule has 238 valence electrons. The Morgan fingerprint density at radius 1 is 1.02 bits per heavy atom. The number of benzene rings is 3. The number of nitrogens with one attached hydrogen (secondary N) is 2. The zero-order valence-corrected chi connectivity index (χ0v) is 26.4. The van der Waals surface area contributed by atoms with E-state index < -0.39 is 56.8 Å². The van der Waals surface area contributed by atoms with Crippen LogP contribution in [0.2, 0.25) is 0 Å². The molecule has 4 N–H and O–H groups in total. The van der Waals surface area contributed by atoms with Crippen molar-refractivity contribution in [2.24, 2.45) is 11.8 Å². The van der Waals surface area contributed by atoms with E-state index >= 15 is 0 Å². The number of carbonyl (C=O) groups is 2. The number of amides is 1. The van der Waals surface area contributed by atoms with Crippen LogP contribution in [0.5, 0.6) is 0 Å². The van der Waals surface area contributed by atoms with Gasteiger partial charge in [0.2, 0.25) is 15.9 Å². The van der Waals surface area contributed by atoms with E-state index in [0.29, 0.717) is 24.2 Å². The number of hydrogen-bond donors (Lipinski definition) is 4. The largest absolute Gasteiger partial charge is 0.481 e. The zero-order chi connectivity index (χ0) is 31.9. The van der Waals surface area contributed by atoms with Crippen LogP contribution in [0.3, 0.4) is 0 Å². The SMILES string of the molecule is COC1CCC(CC(O)C(Cc2ccccc2)NC(=O)C(CS(=O)c2ccc3ccccc3c2)NS(C)(=O)=O)C(C(=O)O)C1. The van der Waals surface area contributed by atoms with E-state index in [4.69, 9.17) is 4.74 Å². The predicted octanol–water partition coefficient (Wildman–Crippen LogP) is 2.86. The van der Waals surface area contributed by atoms with Crippen molar-refractivity contribution in [3.8, 4) is 0 Å². The molecule has 3 aromatic carbocycles. The zero-order valence-electron chi connectivity index (χ0n) is 24.8. The van der Waals surface area contributed by atoms with Gasteiger partial charge >= 0.3 is 5.97 Å². The highest BCUT2D eigenvalue weighted by Crippen LogP contribution is 2.35. The van der Waals surface area contributed by atoms with Crippen LogP contribution in [0.4, 0.5) is 0 Å². The van der Waals surface area contributed by atoms with Crippen molar-refractivity contribution in [1.82, 2.24) is 10.0 Å². The van der Waals surface area contributed by atoms with Gasteiger partial charge in [-0.15, -0.1) is 0 Å². The first-order valence-electron chi connectivity index (χ1n) is 14.6. The summed E-state index contributed by atoms with van der Waals surface area (Å²) in [6, 6.07) is 19.7. The van der Waals surface area contributed by atoms with E-state index in [0.717, 1.165) is 22.6 Å². The third-order valence-electron chi connectivity index (χ3n) is 8.21. The molecule has 7 unspecified atom stereocenters. The fourth-order valence-electron chi connectivity index (χ4n) is 5.88. The van der Waals surface area contributed by atoms with Gasteiger partial charge < -0.3 is 20.3 Å². The summed E-state index contributed by atoms with van der Waals surface area (Å²) in [6.07, 6.45) is 1.50. The number of methoxy groups -OCH3 is 1. The molecule has 4 rings (SSSR count). The van der Waals surface area contributed by atoms with E-state index in [1.54, 1.807) is 19.2 Å². The van der Waals surface area contributed by atoms with E-state index in [9.17, 15) is 32.4 Å². The van der Waals surface area contributed by atoms with Crippen molar-refractivity contribution in [1.29, 1.82) is 0 Å². The van der Waals surface area contributed by atoms with Crippen molar-refractivity contribution in [2.45, 2.75) is 61.3 Å². The maximum atomic E-state index is 13.7. The van der Waals surface area contributed by atoms with Gasteiger partial charge in [0.1, 0.15) is 6.04 Å². The van der Waals surface area contributed by atoms with Gasteiger partial charge in [0.25, 0.3) is 0 Å². The summed E-state index contributed by atoms with van der Waals surface area (Å²) in [7, 11) is -4.06. The van der Waals surface area contributed by atoms with Crippen molar-refractivity contribution in [3.63, 3.8) is 0 Å². The Balaban J connectivity index is 1.55. The quantitative estimate of drug-likeness (QED) is 0.209. The number of carboxylic acid groups (broad SMARTS) is 1. The van der Waals surface area contributed by atoms with Crippen molar-refractivity contribution >= 4 is 43.5 Å². The van der Waals surface area contributed by atoms with Crippen molar-refractivity contribution < 1.29 is 37.2 Å². The Bertz CT molecular complexity index is 1570. The lowest BCUT2D eigenvalue weighted by molar-refractivity contribution is -0.148. The number of sulfonamides is 1. The molecule has 10 nitrogen and oxygen atoms in total. The second-order valence-electron chi connectivity index (χ2n) is 11.4. The van der Waals surface area contributed by atoms with Gasteiger partial charge in [0.15, 0.2) is 0 Å². The first-order chi connectivity index (χ1) is 20.9. The van der Waals surface area contributed by atoms with E-state index in [2.05, 4.69) is 10.0 Å². The molecule has 1 saturated carbocycles. The molecule has 1 aliphatic carbocycles. The number of aliphatic hydroxyl groups excluding tert-OH is 1. The second kappa shape index (κ2) is 15.2. The van der Waals surface area contributed by atoms with Crippen LogP contribution in [-0.4, -0.2) is 78.1 Å². The number of carboxylic acids is 1. The second-order valence-corrected chi connectivity index (χ2v) is 14.7. The van der Waals surface area contributed by atoms with Gasteiger partial charge in [-0.05, 0) is 66.5 Å². The Hall–Kier alpha value is -3.16. The number of aliphatic carboxylic acids is 1. The normalized spacial score (nSPS) is 21.7. The predicted molar refractivity (Wildman–Crippen MR) is 169 cm³/mol. The highest BCUT2D eigenvalue weighted by atomic mass is 32.2. The Kier molecular flexibility index (Phi) is 11.7. The molecule has 12 heteroatoms. The molecule has 3 aromatic rings. The lowest BCUT2D eigenvalue weighted by Gasteiger charge is -2.36. The summed E-state index contributed by atoms with van der Waals surface area (Å²) >= 11 is 0. The first kappa shape index (κ1) is 33.7. The number of fused-ring (bicyclic) bond motifs is 1. The molecule has 7 atom stereocenters. The minimum Gasteiger partial charge on any atom is -0.481 e. The monoisotopic (exact) mass is 644 g/mol. The highest BCUT2D eigenvalue weighted by Gasteiger charge is 2.38. The van der Waals surface area contributed by atoms with Gasteiger partial charge in [0, 0.05) is 12.0 Å². The number of aliphatic hydroxyl groups is 1. The topological polar surface area (TPSA) is 159 Å². The maximum absolute atomic E-state index is 13.7. The molecule has 1 amide bonds. The van der Waals surface area contributed by atoms with E-state index in [1.807, 2.05) is 60.7 Å².